The number of phenols is 1. The zero-order valence-corrected chi connectivity index (χ0v) is 18.0. The van der Waals surface area contributed by atoms with Crippen LogP contribution in [0.1, 0.15) is 89.2 Å². The van der Waals surface area contributed by atoms with E-state index in [9.17, 15) is 10.2 Å². The van der Waals surface area contributed by atoms with Crippen LogP contribution in [0, 0.1) is 35.0 Å². The number of aliphatic hydroxyl groups is 1. The van der Waals surface area contributed by atoms with Crippen molar-refractivity contribution in [1.82, 2.24) is 0 Å². The van der Waals surface area contributed by atoms with Crippen molar-refractivity contribution in [1.29, 1.82) is 0 Å². The highest BCUT2D eigenvalue weighted by molar-refractivity contribution is 5.41. The first kappa shape index (κ1) is 19.0. The van der Waals surface area contributed by atoms with Crippen molar-refractivity contribution in [2.24, 2.45) is 35.0 Å². The van der Waals surface area contributed by atoms with E-state index in [1.165, 1.54) is 49.7 Å². The third kappa shape index (κ3) is 2.49. The van der Waals surface area contributed by atoms with Gasteiger partial charge in [0.1, 0.15) is 5.75 Å². The molecular formula is C26H38O2. The average Bonchev–Trinajstić information content (AvgIpc) is 2.88. The molecule has 0 aliphatic heterocycles. The molecule has 28 heavy (non-hydrogen) atoms. The molecule has 2 N–H and O–H groups in total. The molecule has 1 aromatic rings. The van der Waals surface area contributed by atoms with Crippen LogP contribution in [-0.2, 0) is 6.42 Å². The van der Waals surface area contributed by atoms with Crippen LogP contribution in [0.4, 0.5) is 0 Å². The van der Waals surface area contributed by atoms with E-state index in [0.717, 1.165) is 19.3 Å². The first-order valence-electron chi connectivity index (χ1n) is 11.9. The maximum atomic E-state index is 12.0. The van der Waals surface area contributed by atoms with Crippen molar-refractivity contribution < 1.29 is 10.2 Å². The smallest absolute Gasteiger partial charge is 0.115 e. The van der Waals surface area contributed by atoms with E-state index in [2.05, 4.69) is 26.8 Å². The summed E-state index contributed by atoms with van der Waals surface area (Å²) in [5, 5.41) is 22.1. The van der Waals surface area contributed by atoms with Gasteiger partial charge >= 0.3 is 0 Å². The Bertz CT molecular complexity index is 757. The molecule has 0 bridgehead atoms. The molecule has 0 aromatic heterocycles. The summed E-state index contributed by atoms with van der Waals surface area (Å²) >= 11 is 0. The third-order valence-corrected chi connectivity index (χ3v) is 9.80. The second kappa shape index (κ2) is 6.49. The third-order valence-electron chi connectivity index (χ3n) is 9.80. The summed E-state index contributed by atoms with van der Waals surface area (Å²) < 4.78 is 0. The van der Waals surface area contributed by atoms with Crippen LogP contribution < -0.4 is 0 Å². The largest absolute Gasteiger partial charge is 0.508 e. The molecule has 4 aliphatic rings. The van der Waals surface area contributed by atoms with Gasteiger partial charge in [0.2, 0.25) is 0 Å². The zero-order valence-electron chi connectivity index (χ0n) is 18.0. The summed E-state index contributed by atoms with van der Waals surface area (Å²) in [5.41, 5.74) is 2.55. The summed E-state index contributed by atoms with van der Waals surface area (Å²) in [6.07, 6.45) is 10.8. The Morgan fingerprint density at radius 1 is 1.18 bits per heavy atom. The normalized spacial score (nSPS) is 47.0. The van der Waals surface area contributed by atoms with Crippen LogP contribution >= 0.6 is 0 Å². The zero-order chi connectivity index (χ0) is 19.7. The van der Waals surface area contributed by atoms with Gasteiger partial charge in [-0.3, -0.25) is 0 Å². The van der Waals surface area contributed by atoms with Gasteiger partial charge in [-0.2, -0.15) is 0 Å². The Labute approximate surface area is 170 Å². The fourth-order valence-corrected chi connectivity index (χ4v) is 8.57. The van der Waals surface area contributed by atoms with Gasteiger partial charge in [-0.15, -0.1) is 0 Å². The lowest BCUT2D eigenvalue weighted by molar-refractivity contribution is -0.149. The van der Waals surface area contributed by atoms with Gasteiger partial charge in [-0.05, 0) is 103 Å². The predicted octanol–water partition coefficient (Wildman–Crippen LogP) is 6.05. The molecule has 0 saturated heterocycles. The molecule has 8 atom stereocenters. The summed E-state index contributed by atoms with van der Waals surface area (Å²) in [6.45, 7) is 7.12. The standard InChI is InChI=1S/C26H38O2/c1-4-5-17-12-18-13-20(27)8-9-21(18)22-10-11-25(3)23(24(17)22)14-19-7-6-16(2)15-26(19,25)28/h8-9,13,16-17,19,22-24,27-28H,4-7,10-12,14-15H2,1-3H3/t16-,17+,19+,22?,23?,24?,25-,26-/m0/s1. The topological polar surface area (TPSA) is 40.5 Å². The summed E-state index contributed by atoms with van der Waals surface area (Å²) in [6, 6.07) is 6.14. The van der Waals surface area contributed by atoms with E-state index in [-0.39, 0.29) is 5.41 Å². The van der Waals surface area contributed by atoms with Crippen molar-refractivity contribution >= 4 is 0 Å². The minimum absolute atomic E-state index is 0.0912. The monoisotopic (exact) mass is 382 g/mol. The minimum Gasteiger partial charge on any atom is -0.508 e. The van der Waals surface area contributed by atoms with Gasteiger partial charge in [-0.25, -0.2) is 0 Å². The molecule has 2 heteroatoms. The summed E-state index contributed by atoms with van der Waals surface area (Å²) in [7, 11) is 0. The van der Waals surface area contributed by atoms with Crippen LogP contribution in [0.2, 0.25) is 0 Å². The molecule has 3 unspecified atom stereocenters. The second-order valence-corrected chi connectivity index (χ2v) is 11.1. The van der Waals surface area contributed by atoms with Gasteiger partial charge in [0, 0.05) is 0 Å². The fourth-order valence-electron chi connectivity index (χ4n) is 8.57. The van der Waals surface area contributed by atoms with E-state index in [4.69, 9.17) is 0 Å². The lowest BCUT2D eigenvalue weighted by Gasteiger charge is -2.57. The van der Waals surface area contributed by atoms with Crippen LogP contribution in [0.25, 0.3) is 0 Å². The molecule has 4 aliphatic carbocycles. The molecule has 1 aromatic carbocycles. The van der Waals surface area contributed by atoms with Crippen LogP contribution in [-0.4, -0.2) is 15.8 Å². The Morgan fingerprint density at radius 2 is 2.00 bits per heavy atom. The number of rotatable bonds is 2. The number of hydrogen-bond acceptors (Lipinski definition) is 2. The molecule has 2 nitrogen and oxygen atoms in total. The number of hydrogen-bond donors (Lipinski definition) is 2. The van der Waals surface area contributed by atoms with Crippen molar-refractivity contribution in [2.75, 3.05) is 0 Å². The average molecular weight is 383 g/mol. The van der Waals surface area contributed by atoms with Crippen molar-refractivity contribution in [3.8, 4) is 5.75 Å². The Morgan fingerprint density at radius 3 is 2.79 bits per heavy atom. The molecule has 5 rings (SSSR count). The van der Waals surface area contributed by atoms with Gasteiger partial charge in [-0.1, -0.05) is 46.1 Å². The van der Waals surface area contributed by atoms with E-state index >= 15 is 0 Å². The lowest BCUT2D eigenvalue weighted by atomic mass is 9.49. The van der Waals surface area contributed by atoms with Gasteiger partial charge in [0.15, 0.2) is 0 Å². The van der Waals surface area contributed by atoms with Crippen molar-refractivity contribution in [3.05, 3.63) is 29.3 Å². The van der Waals surface area contributed by atoms with Crippen LogP contribution in [0.15, 0.2) is 18.2 Å². The fraction of sp³-hybridized carbons (Fsp3) is 0.769. The van der Waals surface area contributed by atoms with E-state index < -0.39 is 5.60 Å². The van der Waals surface area contributed by atoms with Crippen LogP contribution in [0.5, 0.6) is 5.75 Å². The number of aromatic hydroxyl groups is 1. The minimum atomic E-state index is -0.438. The Balaban J connectivity index is 1.57. The highest BCUT2D eigenvalue weighted by Gasteiger charge is 2.67. The molecule has 3 saturated carbocycles. The molecule has 154 valence electrons. The molecule has 0 heterocycles. The number of phenolic OH excluding ortho intramolecular Hbond substituents is 1. The second-order valence-electron chi connectivity index (χ2n) is 11.1. The highest BCUT2D eigenvalue weighted by atomic mass is 16.3. The molecular weight excluding hydrogens is 344 g/mol. The predicted molar refractivity (Wildman–Crippen MR) is 113 cm³/mol. The van der Waals surface area contributed by atoms with E-state index in [1.54, 1.807) is 0 Å². The van der Waals surface area contributed by atoms with Gasteiger partial charge in [0.25, 0.3) is 0 Å². The lowest BCUT2D eigenvalue weighted by Crippen LogP contribution is -2.55. The summed E-state index contributed by atoms with van der Waals surface area (Å²) in [4.78, 5) is 0. The van der Waals surface area contributed by atoms with Gasteiger partial charge < -0.3 is 10.2 Å². The molecule has 0 radical (unpaired) electrons. The number of benzene rings is 1. The Kier molecular flexibility index (Phi) is 4.40. The quantitative estimate of drug-likeness (QED) is 0.653. The highest BCUT2D eigenvalue weighted by Crippen LogP contribution is 2.69. The van der Waals surface area contributed by atoms with Gasteiger partial charge in [0.05, 0.1) is 5.60 Å². The maximum Gasteiger partial charge on any atom is 0.115 e. The summed E-state index contributed by atoms with van der Waals surface area (Å²) in [5.74, 6) is 4.29. The van der Waals surface area contributed by atoms with Crippen molar-refractivity contribution in [2.45, 2.75) is 90.1 Å². The van der Waals surface area contributed by atoms with E-state index in [1.807, 2.05) is 12.1 Å². The molecule has 0 amide bonds. The number of fused-ring (bicyclic) bond motifs is 7. The van der Waals surface area contributed by atoms with E-state index in [0.29, 0.717) is 41.3 Å². The van der Waals surface area contributed by atoms with Crippen molar-refractivity contribution in [3.63, 3.8) is 0 Å². The molecule has 3 fully saturated rings. The molecule has 0 spiro atoms. The maximum absolute atomic E-state index is 12.0. The van der Waals surface area contributed by atoms with Crippen LogP contribution in [0.3, 0.4) is 0 Å². The first-order chi connectivity index (χ1) is 13.4. The first-order valence-corrected chi connectivity index (χ1v) is 11.9. The Hall–Kier alpha value is -1.02. The SMILES string of the molecule is CCC[C@@H]1Cc2cc(O)ccc2C2CC[C@@]3(C)C(C[C@H]4CC[C@H](C)C[C@]43O)C21.